The number of aryl methyl sites for hydroxylation is 14. The Hall–Kier alpha value is -7.22. The van der Waals surface area contributed by atoms with Crippen LogP contribution >= 0.6 is 102 Å². The third-order valence-corrected chi connectivity index (χ3v) is 24.5. The van der Waals surface area contributed by atoms with E-state index in [9.17, 15) is 0 Å². The first-order chi connectivity index (χ1) is 57.7. The SMILES string of the molecule is CC.CC.CC.CC.CC.CC.CC.CC.CC.CC.CC.CC.CC.CC#Cc1ccc(C)cc1.CC#Cc1ccc(C)cc1.Cc1cc2sc(C)cc2s1.Cc1ccc(-c2cc3sc(C)cc3s2)cc1.Cc1ccc(-c2cc3sc(C)cc3s2)cc1.Cc1ccc(-c2ccc(C)cc2)cc1.Cc1ccc(C)s1.Cc1csc2c(C)csc12. The molecule has 15 aromatic rings. The minimum Gasteiger partial charge on any atom is -0.146 e. The van der Waals surface area contributed by atoms with Gasteiger partial charge in [0.2, 0.25) is 0 Å². The Morgan fingerprint density at radius 3 is 0.580 bits per heavy atom. The Morgan fingerprint density at radius 1 is 0.193 bits per heavy atom. The molecule has 0 fully saturated rings. The number of hydrogen-bond acceptors (Lipinski definition) is 9. The average Bonchev–Trinajstić information content (AvgIpc) is 1.67. The number of fused-ring (bicyclic) bond motifs is 4. The first-order valence-corrected chi connectivity index (χ1v) is 51.3. The average molecular weight is 1770 g/mol. The molecule has 0 saturated heterocycles. The molecule has 15 rings (SSSR count). The summed E-state index contributed by atoms with van der Waals surface area (Å²) in [5, 5.41) is 4.46. The molecule has 0 N–H and O–H groups in total. The maximum absolute atomic E-state index is 2.98. The standard InChI is InChI=1S/2C14H12S2.C14H14.2C10H10.2C8H8S2.C6H8S.13C2H6/c2*1-9-3-5-11(6-4-9)12-8-14-13(16-12)7-10(2)15-14;1-11-3-7-13(8-4-11)14-9-5-12(2)6-10-14;2*1-3-4-10-7-5-9(2)6-8-10;1-5-3-9-8-6(2)4-10-7(5)8;1-5-3-7-8(9-5)4-6(2)10-7;1-5-3-4-6(2)7-5;13*1-2/h2*3-8H,1-2H3;3-10H,1-2H3;2*5-8H,1-2H3;2*3-4H,1-2H3;3-4H,1-2H3;13*1-2H3. The molecule has 0 nitrogen and oxygen atoms in total. The minimum atomic E-state index is 1.09. The van der Waals surface area contributed by atoms with Crippen LogP contribution in [-0.2, 0) is 0 Å². The number of rotatable bonds is 3. The van der Waals surface area contributed by atoms with Crippen LogP contribution < -0.4 is 0 Å². The van der Waals surface area contributed by atoms with Gasteiger partial charge >= 0.3 is 0 Å². The van der Waals surface area contributed by atoms with E-state index in [4.69, 9.17) is 0 Å². The molecule has 0 amide bonds. The highest BCUT2D eigenvalue weighted by Gasteiger charge is 2.09. The quantitative estimate of drug-likeness (QED) is 0.155. The number of benzene rings is 6. The second-order valence-electron chi connectivity index (χ2n) is 22.9. The highest BCUT2D eigenvalue weighted by Crippen LogP contribution is 2.40. The molecule has 9 aromatic heterocycles. The molecular weight excluding hydrogens is 1610 g/mol. The molecule has 0 spiro atoms. The minimum absolute atomic E-state index is 1.09. The van der Waals surface area contributed by atoms with Crippen molar-refractivity contribution in [1.82, 2.24) is 0 Å². The van der Waals surface area contributed by atoms with Crippen LogP contribution in [0.15, 0.2) is 205 Å². The lowest BCUT2D eigenvalue weighted by atomic mass is 10.0. The van der Waals surface area contributed by atoms with Crippen LogP contribution in [0.1, 0.15) is 279 Å². The zero-order chi connectivity index (χ0) is 92.6. The summed E-state index contributed by atoms with van der Waals surface area (Å²) in [5.74, 6) is 11.7. The largest absolute Gasteiger partial charge is 0.146 e. The molecule has 0 aliphatic rings. The Bertz CT molecular complexity index is 4470. The van der Waals surface area contributed by atoms with Crippen LogP contribution in [-0.4, -0.2) is 0 Å². The van der Waals surface area contributed by atoms with Crippen molar-refractivity contribution in [3.8, 4) is 55.7 Å². The second-order valence-corrected chi connectivity index (χ2v) is 33.5. The van der Waals surface area contributed by atoms with Crippen LogP contribution in [0.25, 0.3) is 69.6 Å². The lowest BCUT2D eigenvalue weighted by Crippen LogP contribution is -1.78. The molecule has 0 radical (unpaired) electrons. The van der Waals surface area contributed by atoms with Gasteiger partial charge in [-0.25, -0.2) is 0 Å². The van der Waals surface area contributed by atoms with E-state index in [-0.39, 0.29) is 0 Å². The fourth-order valence-electron chi connectivity index (χ4n) is 9.37. The maximum atomic E-state index is 2.98. The van der Waals surface area contributed by atoms with Crippen LogP contribution in [0.2, 0.25) is 0 Å². The number of thiophene rings is 9. The van der Waals surface area contributed by atoms with Crippen molar-refractivity contribution in [3.63, 3.8) is 0 Å². The van der Waals surface area contributed by atoms with E-state index in [1.807, 2.05) is 320 Å². The number of hydrogen-bond donors (Lipinski definition) is 0. The van der Waals surface area contributed by atoms with Gasteiger partial charge < -0.3 is 0 Å². The Labute approximate surface area is 768 Å². The fourth-order valence-corrected chi connectivity index (χ4v) is 19.3. The highest BCUT2D eigenvalue weighted by molar-refractivity contribution is 7.30. The molecule has 119 heavy (non-hydrogen) atoms. The molecule has 6 aromatic carbocycles. The first-order valence-electron chi connectivity index (χ1n) is 43.9. The predicted molar refractivity (Wildman–Crippen MR) is 578 cm³/mol. The van der Waals surface area contributed by atoms with Gasteiger partial charge in [0.05, 0.1) is 0 Å². The summed E-state index contributed by atoms with van der Waals surface area (Å²) < 4.78 is 11.5. The first kappa shape index (κ1) is 123. The lowest BCUT2D eigenvalue weighted by molar-refractivity contribution is 1.45. The summed E-state index contributed by atoms with van der Waals surface area (Å²) >= 11 is 16.9. The predicted octanol–water partition coefficient (Wildman–Crippen LogP) is 42.1. The second kappa shape index (κ2) is 79.3. The lowest BCUT2D eigenvalue weighted by Gasteiger charge is -2.02. The fraction of sp³-hybridized carbons (Fsp3) is 0.382. The van der Waals surface area contributed by atoms with Crippen molar-refractivity contribution in [2.75, 3.05) is 0 Å². The van der Waals surface area contributed by atoms with Crippen LogP contribution in [0, 0.1) is 121 Å². The zero-order valence-electron chi connectivity index (χ0n) is 82.3. The van der Waals surface area contributed by atoms with Crippen molar-refractivity contribution in [2.24, 2.45) is 0 Å². The van der Waals surface area contributed by atoms with Gasteiger partial charge in [0.25, 0.3) is 0 Å². The van der Waals surface area contributed by atoms with Crippen molar-refractivity contribution in [3.05, 3.63) is 290 Å². The molecule has 9 heterocycles. The zero-order valence-corrected chi connectivity index (χ0v) is 89.7. The van der Waals surface area contributed by atoms with Crippen LogP contribution in [0.5, 0.6) is 0 Å². The molecule has 0 saturated carbocycles. The van der Waals surface area contributed by atoms with Crippen molar-refractivity contribution in [1.29, 1.82) is 0 Å². The monoisotopic (exact) mass is 1770 g/mol. The smallest absolute Gasteiger partial charge is 0.0482 e. The molecule has 0 aliphatic heterocycles. The molecule has 9 heteroatoms. The summed E-state index contributed by atoms with van der Waals surface area (Å²) in [6, 6.07) is 69.2. The molecule has 0 atom stereocenters. The van der Waals surface area contributed by atoms with Crippen molar-refractivity contribution < 1.29 is 0 Å². The summed E-state index contributed by atoms with van der Waals surface area (Å²) in [6.07, 6.45) is 0. The van der Waals surface area contributed by atoms with E-state index in [1.54, 1.807) is 0 Å². The Kier molecular flexibility index (Phi) is 81.7. The van der Waals surface area contributed by atoms with Crippen LogP contribution in [0.3, 0.4) is 0 Å². The van der Waals surface area contributed by atoms with E-state index >= 15 is 0 Å². The van der Waals surface area contributed by atoms with Gasteiger partial charge in [-0.2, -0.15) is 0 Å². The highest BCUT2D eigenvalue weighted by atomic mass is 32.1. The molecule has 0 bridgehead atoms. The van der Waals surface area contributed by atoms with E-state index < -0.39 is 0 Å². The van der Waals surface area contributed by atoms with E-state index in [0.717, 1.165) is 11.1 Å². The summed E-state index contributed by atoms with van der Waals surface area (Å²) in [6.45, 7) is 85.6. The van der Waals surface area contributed by atoms with E-state index in [2.05, 4.69) is 301 Å². The van der Waals surface area contributed by atoms with Crippen molar-refractivity contribution in [2.45, 2.75) is 291 Å². The molecule has 0 unspecified atom stereocenters. The summed E-state index contributed by atoms with van der Waals surface area (Å²) in [5.41, 5.74) is 18.1. The third kappa shape index (κ3) is 50.1. The Balaban J connectivity index is -0.000000297. The van der Waals surface area contributed by atoms with Crippen LogP contribution in [0.4, 0.5) is 0 Å². The summed E-state index contributed by atoms with van der Waals surface area (Å²) in [4.78, 5) is 11.2. The van der Waals surface area contributed by atoms with Gasteiger partial charge in [0.15, 0.2) is 0 Å². The molecule has 654 valence electrons. The van der Waals surface area contributed by atoms with Crippen molar-refractivity contribution >= 4 is 140 Å². The maximum Gasteiger partial charge on any atom is 0.0482 e. The van der Waals surface area contributed by atoms with E-state index in [1.165, 1.54) is 143 Å². The van der Waals surface area contributed by atoms with E-state index in [0.29, 0.717) is 0 Å². The van der Waals surface area contributed by atoms with Gasteiger partial charge in [0.1, 0.15) is 0 Å². The van der Waals surface area contributed by atoms with Gasteiger partial charge in [-0.05, 0) is 228 Å². The molecular formula is C110H160S9. The normalized spacial score (nSPS) is 8.62. The molecule has 0 aliphatic carbocycles. The van der Waals surface area contributed by atoms with Gasteiger partial charge in [0, 0.05) is 87.7 Å². The third-order valence-electron chi connectivity index (χ3n) is 14.4. The summed E-state index contributed by atoms with van der Waals surface area (Å²) in [7, 11) is 0. The Morgan fingerprint density at radius 2 is 0.387 bits per heavy atom. The topological polar surface area (TPSA) is 0 Å². The van der Waals surface area contributed by atoms with Gasteiger partial charge in [-0.15, -0.1) is 114 Å². The van der Waals surface area contributed by atoms with Gasteiger partial charge in [-0.1, -0.05) is 347 Å². The van der Waals surface area contributed by atoms with Gasteiger partial charge in [-0.3, -0.25) is 0 Å².